The lowest BCUT2D eigenvalue weighted by atomic mass is 9.81. The lowest BCUT2D eigenvalue weighted by Gasteiger charge is -2.29. The molecule has 0 unspecified atom stereocenters. The number of fused-ring (bicyclic) bond motifs is 10. The van der Waals surface area contributed by atoms with Gasteiger partial charge in [0, 0.05) is 17.5 Å². The Kier molecular flexibility index (Phi) is 9.23. The first-order chi connectivity index (χ1) is 31.7. The van der Waals surface area contributed by atoms with E-state index in [0.29, 0.717) is 17.3 Å². The van der Waals surface area contributed by atoms with Gasteiger partial charge in [0.2, 0.25) is 0 Å². The summed E-state index contributed by atoms with van der Waals surface area (Å²) < 4.78 is 14.1. The lowest BCUT2D eigenvalue weighted by molar-refractivity contribution is 0.295. The van der Waals surface area contributed by atoms with Crippen LogP contribution in [0.25, 0.3) is 77.9 Å². The van der Waals surface area contributed by atoms with Gasteiger partial charge in [0.15, 0.2) is 17.3 Å². The van der Waals surface area contributed by atoms with Gasteiger partial charge in [0.25, 0.3) is 0 Å². The molecule has 2 aliphatic carbocycles. The van der Waals surface area contributed by atoms with Crippen LogP contribution in [0, 0.1) is 0 Å². The molecule has 0 saturated heterocycles. The first-order valence-corrected chi connectivity index (χ1v) is 21.9. The summed E-state index contributed by atoms with van der Waals surface area (Å²) in [5.74, 6) is 2.07. The highest BCUT2D eigenvalue weighted by Gasteiger charge is 2.30. The van der Waals surface area contributed by atoms with Crippen LogP contribution in [0.5, 0.6) is 11.5 Å². The molecule has 9 aromatic rings. The lowest BCUT2D eigenvalue weighted by Crippen LogP contribution is -2.20. The molecule has 3 aliphatic rings. The van der Waals surface area contributed by atoms with E-state index in [2.05, 4.69) is 248 Å². The Labute approximate surface area is 373 Å². The molecule has 0 amide bonds. The number of benzene rings is 9. The quantitative estimate of drug-likeness (QED) is 0.167. The van der Waals surface area contributed by atoms with Gasteiger partial charge in [0.1, 0.15) is 6.10 Å². The molecule has 0 radical (unpaired) electrons. The van der Waals surface area contributed by atoms with E-state index in [0.717, 1.165) is 56.0 Å². The fraction of sp³-hybridized carbons (Fsp3) is 0.0164. The third-order valence-electron chi connectivity index (χ3n) is 12.5. The van der Waals surface area contributed by atoms with Gasteiger partial charge in [-0.1, -0.05) is 182 Å². The Morgan fingerprint density at radius 1 is 0.344 bits per heavy atom. The van der Waals surface area contributed by atoms with Gasteiger partial charge in [-0.2, -0.15) is 0 Å². The average Bonchev–Trinajstić information content (AvgIpc) is 3.67. The van der Waals surface area contributed by atoms with Crippen LogP contribution >= 0.6 is 0 Å². The van der Waals surface area contributed by atoms with Gasteiger partial charge in [-0.25, -0.2) is 0 Å². The van der Waals surface area contributed by atoms with E-state index in [1.165, 1.54) is 38.9 Å². The molecule has 0 saturated carbocycles. The molecule has 9 aromatic carbocycles. The second kappa shape index (κ2) is 15.8. The minimum Gasteiger partial charge on any atom is -0.478 e. The van der Waals surface area contributed by atoms with E-state index in [4.69, 9.17) is 9.47 Å². The largest absolute Gasteiger partial charge is 0.478 e. The minimum absolute atomic E-state index is 0.366. The Balaban J connectivity index is 0.992. The highest BCUT2D eigenvalue weighted by molar-refractivity contribution is 6.03. The predicted molar refractivity (Wildman–Crippen MR) is 263 cm³/mol. The van der Waals surface area contributed by atoms with Crippen molar-refractivity contribution in [3.63, 3.8) is 0 Å². The van der Waals surface area contributed by atoms with E-state index in [-0.39, 0.29) is 6.10 Å². The molecule has 2 bridgehead atoms. The van der Waals surface area contributed by atoms with Crippen LogP contribution in [0.3, 0.4) is 0 Å². The highest BCUT2D eigenvalue weighted by Crippen LogP contribution is 2.52. The van der Waals surface area contributed by atoms with Crippen molar-refractivity contribution in [3.8, 4) is 89.4 Å². The first-order valence-electron chi connectivity index (χ1n) is 21.9. The summed E-state index contributed by atoms with van der Waals surface area (Å²) in [4.78, 5) is 2.30. The van der Waals surface area contributed by atoms with Gasteiger partial charge in [0.05, 0.1) is 5.70 Å². The van der Waals surface area contributed by atoms with Crippen molar-refractivity contribution in [2.24, 2.45) is 0 Å². The molecular formula is C61H41NO2. The number of rotatable bonds is 6. The molecule has 3 nitrogen and oxygen atoms in total. The number of anilines is 2. The molecule has 12 rings (SSSR count). The predicted octanol–water partition coefficient (Wildman–Crippen LogP) is 16.0. The van der Waals surface area contributed by atoms with Crippen molar-refractivity contribution in [2.75, 3.05) is 4.90 Å². The van der Waals surface area contributed by atoms with E-state index >= 15 is 0 Å². The third kappa shape index (κ3) is 6.72. The molecule has 0 N–H and O–H groups in total. The van der Waals surface area contributed by atoms with Crippen molar-refractivity contribution in [2.45, 2.75) is 6.10 Å². The summed E-state index contributed by atoms with van der Waals surface area (Å²) in [6.07, 6.45) is 8.07. The smallest absolute Gasteiger partial charge is 0.170 e. The average molecular weight is 820 g/mol. The monoisotopic (exact) mass is 819 g/mol. The Morgan fingerprint density at radius 2 is 0.797 bits per heavy atom. The fourth-order valence-electron chi connectivity index (χ4n) is 9.47. The molecular weight excluding hydrogens is 779 g/mol. The fourth-order valence-corrected chi connectivity index (χ4v) is 9.47. The first kappa shape index (κ1) is 37.4. The van der Waals surface area contributed by atoms with Gasteiger partial charge in [-0.3, -0.25) is 0 Å². The molecule has 302 valence electrons. The van der Waals surface area contributed by atoms with Gasteiger partial charge < -0.3 is 14.4 Å². The normalized spacial score (nSPS) is 14.2. The summed E-state index contributed by atoms with van der Waals surface area (Å²) in [5, 5.41) is 0. The van der Waals surface area contributed by atoms with Crippen molar-refractivity contribution < 1.29 is 9.47 Å². The summed E-state index contributed by atoms with van der Waals surface area (Å²) in [6, 6.07) is 78.0. The second-order valence-electron chi connectivity index (χ2n) is 16.4. The highest BCUT2D eigenvalue weighted by atomic mass is 16.5. The number of nitrogens with zero attached hydrogens (tertiary/aromatic N) is 1. The maximum atomic E-state index is 7.21. The van der Waals surface area contributed by atoms with Gasteiger partial charge >= 0.3 is 0 Å². The van der Waals surface area contributed by atoms with Crippen LogP contribution in [-0.2, 0) is 0 Å². The van der Waals surface area contributed by atoms with Crippen LogP contribution in [0.2, 0.25) is 0 Å². The Hall–Kier alpha value is -8.40. The topological polar surface area (TPSA) is 21.7 Å². The Morgan fingerprint density at radius 3 is 1.39 bits per heavy atom. The second-order valence-corrected chi connectivity index (χ2v) is 16.4. The van der Waals surface area contributed by atoms with Crippen LogP contribution in [-0.4, -0.2) is 6.10 Å². The van der Waals surface area contributed by atoms with Crippen LogP contribution < -0.4 is 14.4 Å². The summed E-state index contributed by atoms with van der Waals surface area (Å²) in [6.45, 7) is 0. The summed E-state index contributed by atoms with van der Waals surface area (Å²) >= 11 is 0. The standard InChI is InChI=1S/C61H41NO2/c1-3-16-41(17-4-1)43-32-34-47(35-33-43)62(48-23-14-22-46(37-48)45-21-13-20-44(36-45)42-18-5-2-6-19-42)58-31-15-24-49-38-59(58)64-61-40-57-55-30-12-10-28-53(55)51-26-8-7-25-50(51)52-27-9-11-29-54(52)56(57)39-60(61)63-49/h1-40,49H/t49-/m0/s1. The maximum absolute atomic E-state index is 7.21. The molecule has 0 spiro atoms. The summed E-state index contributed by atoms with van der Waals surface area (Å²) in [7, 11) is 0. The summed E-state index contributed by atoms with van der Waals surface area (Å²) in [5.41, 5.74) is 19.1. The zero-order valence-electron chi connectivity index (χ0n) is 34.9. The van der Waals surface area contributed by atoms with Crippen molar-refractivity contribution in [1.82, 2.24) is 0 Å². The van der Waals surface area contributed by atoms with Crippen molar-refractivity contribution in [3.05, 3.63) is 254 Å². The van der Waals surface area contributed by atoms with Crippen molar-refractivity contribution in [1.29, 1.82) is 0 Å². The molecule has 0 aromatic heterocycles. The van der Waals surface area contributed by atoms with E-state index in [1.54, 1.807) is 0 Å². The number of hydrogen-bond donors (Lipinski definition) is 0. The molecule has 1 atom stereocenters. The maximum Gasteiger partial charge on any atom is 0.170 e. The molecule has 3 heteroatoms. The molecule has 1 heterocycles. The number of hydrogen-bond acceptors (Lipinski definition) is 3. The van der Waals surface area contributed by atoms with Crippen molar-refractivity contribution >= 4 is 11.4 Å². The van der Waals surface area contributed by atoms with Gasteiger partial charge in [-0.05, 0) is 133 Å². The Bertz CT molecular complexity index is 3320. The zero-order valence-corrected chi connectivity index (χ0v) is 34.9. The van der Waals surface area contributed by atoms with Crippen LogP contribution in [0.1, 0.15) is 0 Å². The van der Waals surface area contributed by atoms with Gasteiger partial charge in [-0.15, -0.1) is 0 Å². The SMILES string of the molecule is C1=C[C@H]2C=C(Oc3cc4c(cc3O2)-c2ccccc2-c2ccccc2-c2ccccc2-4)C(N(c2ccc(-c3ccccc3)cc2)c2cccc(-c3cccc(-c4ccccc4)c3)c2)=C1. The number of ether oxygens (including phenoxy) is 2. The van der Waals surface area contributed by atoms with E-state index in [9.17, 15) is 0 Å². The number of allylic oxidation sites excluding steroid dienone is 2. The van der Waals surface area contributed by atoms with E-state index in [1.807, 2.05) is 0 Å². The van der Waals surface area contributed by atoms with Crippen LogP contribution in [0.4, 0.5) is 11.4 Å². The van der Waals surface area contributed by atoms with Crippen LogP contribution in [0.15, 0.2) is 254 Å². The minimum atomic E-state index is -0.366. The molecule has 0 fully saturated rings. The molecule has 1 aliphatic heterocycles. The van der Waals surface area contributed by atoms with E-state index < -0.39 is 0 Å². The third-order valence-corrected chi connectivity index (χ3v) is 12.5. The molecule has 64 heavy (non-hydrogen) atoms. The zero-order chi connectivity index (χ0) is 42.4.